The van der Waals surface area contributed by atoms with Gasteiger partial charge in [-0.1, -0.05) is 0 Å². The monoisotopic (exact) mass is 562 g/mol. The first-order valence-corrected chi connectivity index (χ1v) is 13.1. The molecule has 0 rings (SSSR count). The van der Waals surface area contributed by atoms with Crippen LogP contribution in [0.1, 0.15) is 44.9 Å². The maximum atomic E-state index is 13.1. The number of amides is 4. The van der Waals surface area contributed by atoms with Gasteiger partial charge in [-0.2, -0.15) is 11.8 Å². The lowest BCUT2D eigenvalue weighted by Gasteiger charge is -2.25. The number of carboxylic acids is 2. The van der Waals surface area contributed by atoms with Gasteiger partial charge in [-0.3, -0.25) is 29.0 Å². The molecular weight excluding hydrogens is 524 g/mol. The minimum atomic E-state index is -1.41. The third kappa shape index (κ3) is 15.5. The number of nitrogens with zero attached hydrogens (tertiary/aromatic N) is 1. The Morgan fingerprint density at radius 2 is 1.34 bits per heavy atom. The average Bonchev–Trinajstić information content (AvgIpc) is 2.83. The normalized spacial score (nSPS) is 13.7. The van der Waals surface area contributed by atoms with E-state index in [1.54, 1.807) is 6.26 Å². The number of carbonyl (C=O) groups excluding carboxylic acids is 4. The summed E-state index contributed by atoms with van der Waals surface area (Å²) in [6.07, 6.45) is 1.19. The van der Waals surface area contributed by atoms with Crippen LogP contribution in [-0.2, 0) is 28.8 Å². The Kier molecular flexibility index (Phi) is 16.9. The fraction of sp³-hybridized carbons (Fsp3) is 0.667. The number of thioether (sulfide) groups is 1. The molecule has 0 bridgehead atoms. The second-order valence-electron chi connectivity index (χ2n) is 8.30. The Morgan fingerprint density at radius 1 is 0.789 bits per heavy atom. The number of aliphatic carboxylic acids is 2. The van der Waals surface area contributed by atoms with Gasteiger partial charge in [-0.05, 0) is 44.1 Å². The molecule has 0 saturated heterocycles. The predicted molar refractivity (Wildman–Crippen MR) is 140 cm³/mol. The molecule has 0 heterocycles. The highest BCUT2D eigenvalue weighted by Gasteiger charge is 2.30. The molecule has 0 aromatic carbocycles. The van der Waals surface area contributed by atoms with E-state index in [2.05, 4.69) is 20.9 Å². The van der Waals surface area contributed by atoms with Crippen LogP contribution in [0.15, 0.2) is 4.99 Å². The lowest BCUT2D eigenvalue weighted by atomic mass is 10.1. The first-order valence-electron chi connectivity index (χ1n) is 11.7. The number of primary amides is 1. The van der Waals surface area contributed by atoms with Crippen molar-refractivity contribution in [3.05, 3.63) is 0 Å². The zero-order valence-corrected chi connectivity index (χ0v) is 22.0. The summed E-state index contributed by atoms with van der Waals surface area (Å²) in [6, 6.07) is -4.95. The number of nitrogens with two attached hydrogens (primary N) is 4. The maximum Gasteiger partial charge on any atom is 0.326 e. The van der Waals surface area contributed by atoms with Gasteiger partial charge in [0.15, 0.2) is 5.96 Å². The molecule has 4 atom stereocenters. The molecule has 4 unspecified atom stereocenters. The van der Waals surface area contributed by atoms with Crippen LogP contribution in [-0.4, -0.2) is 94.5 Å². The third-order valence-electron chi connectivity index (χ3n) is 5.12. The van der Waals surface area contributed by atoms with Crippen molar-refractivity contribution in [3.63, 3.8) is 0 Å². The van der Waals surface area contributed by atoms with E-state index in [1.807, 2.05) is 0 Å². The van der Waals surface area contributed by atoms with Crippen LogP contribution in [0.2, 0.25) is 0 Å². The number of aliphatic imine (C=N–C) groups is 1. The molecule has 0 aliphatic carbocycles. The maximum absolute atomic E-state index is 13.1. The van der Waals surface area contributed by atoms with Crippen LogP contribution in [0.5, 0.6) is 0 Å². The van der Waals surface area contributed by atoms with Crippen molar-refractivity contribution >= 4 is 53.3 Å². The number of hydrogen-bond donors (Lipinski definition) is 9. The van der Waals surface area contributed by atoms with E-state index in [0.717, 1.165) is 0 Å². The molecule has 0 spiro atoms. The van der Waals surface area contributed by atoms with Gasteiger partial charge in [-0.25, -0.2) is 4.79 Å². The van der Waals surface area contributed by atoms with E-state index in [9.17, 15) is 33.9 Å². The first-order chi connectivity index (χ1) is 17.8. The molecule has 4 amide bonds. The van der Waals surface area contributed by atoms with E-state index in [0.29, 0.717) is 5.75 Å². The predicted octanol–water partition coefficient (Wildman–Crippen LogP) is -3.21. The highest BCUT2D eigenvalue weighted by atomic mass is 32.2. The fourth-order valence-electron chi connectivity index (χ4n) is 3.05. The summed E-state index contributed by atoms with van der Waals surface area (Å²) in [5.74, 6) is -5.31. The number of rotatable bonds is 20. The molecule has 0 aromatic heterocycles. The topological polar surface area (TPSA) is 295 Å². The number of carboxylic acid groups (broad SMARTS) is 2. The van der Waals surface area contributed by atoms with Crippen LogP contribution >= 0.6 is 11.8 Å². The molecule has 38 heavy (non-hydrogen) atoms. The van der Waals surface area contributed by atoms with Gasteiger partial charge >= 0.3 is 11.9 Å². The highest BCUT2D eigenvalue weighted by Crippen LogP contribution is 2.07. The lowest BCUT2D eigenvalue weighted by Crippen LogP contribution is -2.57. The summed E-state index contributed by atoms with van der Waals surface area (Å²) in [5, 5.41) is 25.4. The van der Waals surface area contributed by atoms with Crippen LogP contribution in [0.4, 0.5) is 0 Å². The molecule has 16 nitrogen and oxygen atoms in total. The van der Waals surface area contributed by atoms with E-state index >= 15 is 0 Å². The van der Waals surface area contributed by atoms with Crippen molar-refractivity contribution in [3.8, 4) is 0 Å². The highest BCUT2D eigenvalue weighted by molar-refractivity contribution is 7.98. The van der Waals surface area contributed by atoms with Crippen molar-refractivity contribution < 1.29 is 39.0 Å². The van der Waals surface area contributed by atoms with Crippen LogP contribution in [0.25, 0.3) is 0 Å². The van der Waals surface area contributed by atoms with Crippen LogP contribution in [0, 0.1) is 0 Å². The molecule has 13 N–H and O–H groups in total. The van der Waals surface area contributed by atoms with Crippen molar-refractivity contribution in [1.29, 1.82) is 0 Å². The Labute approximate surface area is 224 Å². The van der Waals surface area contributed by atoms with Crippen molar-refractivity contribution in [1.82, 2.24) is 16.0 Å². The average molecular weight is 563 g/mol. The summed E-state index contributed by atoms with van der Waals surface area (Å²) in [6.45, 7) is 0.142. The molecule has 0 aromatic rings. The van der Waals surface area contributed by atoms with Gasteiger partial charge in [-0.15, -0.1) is 0 Å². The van der Waals surface area contributed by atoms with E-state index in [4.69, 9.17) is 28.0 Å². The van der Waals surface area contributed by atoms with Gasteiger partial charge in [0, 0.05) is 19.4 Å². The van der Waals surface area contributed by atoms with Crippen LogP contribution < -0.4 is 38.9 Å². The number of nitrogens with one attached hydrogen (secondary N) is 3. The Hall–Kier alpha value is -3.60. The Balaban J connectivity index is 5.59. The SMILES string of the molecule is CSCCC(NC(=O)C(CCCN=C(N)N)NC(=O)C(N)CCC(=O)O)C(=O)NC(CCC(N)=O)C(=O)O. The summed E-state index contributed by atoms with van der Waals surface area (Å²) in [4.78, 5) is 75.6. The molecule has 0 saturated carbocycles. The first kappa shape index (κ1) is 34.4. The van der Waals surface area contributed by atoms with E-state index in [-0.39, 0.29) is 57.5 Å². The second kappa shape index (κ2) is 18.6. The van der Waals surface area contributed by atoms with Gasteiger partial charge in [0.2, 0.25) is 23.6 Å². The number of carbonyl (C=O) groups is 6. The smallest absolute Gasteiger partial charge is 0.326 e. The van der Waals surface area contributed by atoms with Gasteiger partial charge < -0.3 is 49.1 Å². The standard InChI is InChI=1S/C21H38N8O8S/c1-38-10-8-13(19(35)29-14(20(36)37)5-6-15(23)30)28-18(34)12(3-2-9-26-21(24)25)27-17(33)11(22)4-7-16(31)32/h11-14H,2-10,22H2,1H3,(H2,23,30)(H,27,33)(H,28,34)(H,29,35)(H,31,32)(H,36,37)(H4,24,25,26). The molecule has 0 aliphatic heterocycles. The minimum Gasteiger partial charge on any atom is -0.481 e. The third-order valence-corrected chi connectivity index (χ3v) is 5.77. The van der Waals surface area contributed by atoms with E-state index < -0.39 is 59.7 Å². The zero-order chi connectivity index (χ0) is 29.3. The lowest BCUT2D eigenvalue weighted by molar-refractivity contribution is -0.142. The van der Waals surface area contributed by atoms with Crippen molar-refractivity contribution in [2.75, 3.05) is 18.6 Å². The molecular formula is C21H38N8O8S. The molecule has 17 heteroatoms. The number of guanidine groups is 1. The van der Waals surface area contributed by atoms with Gasteiger partial charge in [0.25, 0.3) is 0 Å². The number of hydrogen-bond acceptors (Lipinski definition) is 9. The summed E-state index contributed by atoms with van der Waals surface area (Å²) in [5.41, 5.74) is 21.4. The van der Waals surface area contributed by atoms with Crippen molar-refractivity contribution in [2.45, 2.75) is 69.1 Å². The summed E-state index contributed by atoms with van der Waals surface area (Å²) >= 11 is 1.38. The molecule has 216 valence electrons. The molecule has 0 fully saturated rings. The summed E-state index contributed by atoms with van der Waals surface area (Å²) in [7, 11) is 0. The van der Waals surface area contributed by atoms with E-state index in [1.165, 1.54) is 11.8 Å². The van der Waals surface area contributed by atoms with Gasteiger partial charge in [0.05, 0.1) is 6.04 Å². The fourth-order valence-corrected chi connectivity index (χ4v) is 3.53. The second-order valence-corrected chi connectivity index (χ2v) is 9.28. The zero-order valence-electron chi connectivity index (χ0n) is 21.2. The quantitative estimate of drug-likeness (QED) is 0.0402. The molecule has 0 radical (unpaired) electrons. The molecule has 0 aliphatic rings. The van der Waals surface area contributed by atoms with Gasteiger partial charge in [0.1, 0.15) is 18.1 Å². The minimum absolute atomic E-state index is 0.0488. The Morgan fingerprint density at radius 3 is 1.84 bits per heavy atom. The summed E-state index contributed by atoms with van der Waals surface area (Å²) < 4.78 is 0. The van der Waals surface area contributed by atoms with Crippen LogP contribution in [0.3, 0.4) is 0 Å². The van der Waals surface area contributed by atoms with Crippen molar-refractivity contribution in [2.24, 2.45) is 27.9 Å². The largest absolute Gasteiger partial charge is 0.481 e. The Bertz CT molecular complexity index is 868.